The van der Waals surface area contributed by atoms with E-state index in [4.69, 9.17) is 4.74 Å². The second-order valence-corrected chi connectivity index (χ2v) is 19.4. The quantitative estimate of drug-likeness (QED) is 0.131. The highest BCUT2D eigenvalue weighted by Crippen LogP contribution is 2.49. The molecule has 0 aliphatic carbocycles. The third-order valence-corrected chi connectivity index (χ3v) is 15.2. The molecular weight excluding hydrogens is 881 g/mol. The highest BCUT2D eigenvalue weighted by molar-refractivity contribution is 6.32. The molecule has 14 aromatic rings. The first-order valence-electron chi connectivity index (χ1n) is 25.4. The van der Waals surface area contributed by atoms with Gasteiger partial charge in [0, 0.05) is 0 Å². The summed E-state index contributed by atoms with van der Waals surface area (Å²) < 4.78 is 5.95. The lowest BCUT2D eigenvalue weighted by molar-refractivity contribution is 0.340. The highest BCUT2D eigenvalue weighted by atomic mass is 16.5. The van der Waals surface area contributed by atoms with Gasteiger partial charge in [-0.2, -0.15) is 0 Å². The largest absolute Gasteiger partial charge is 0.494 e. The molecule has 0 saturated carbocycles. The molecule has 0 heterocycles. The van der Waals surface area contributed by atoms with E-state index in [1.165, 1.54) is 137 Å². The summed E-state index contributed by atoms with van der Waals surface area (Å²) in [5, 5.41) is 15.0. The molecule has 0 aromatic heterocycles. The van der Waals surface area contributed by atoms with Gasteiger partial charge in [-0.15, -0.1) is 0 Å². The topological polar surface area (TPSA) is 9.23 Å². The first-order valence-corrected chi connectivity index (χ1v) is 25.4. The van der Waals surface area contributed by atoms with Crippen molar-refractivity contribution < 1.29 is 4.74 Å². The average Bonchev–Trinajstić information content (AvgIpc) is 3.48. The zero-order chi connectivity index (χ0) is 48.4. The Balaban J connectivity index is 0.980. The summed E-state index contributed by atoms with van der Waals surface area (Å²) in [6.45, 7) is 2.66. The summed E-state index contributed by atoms with van der Waals surface area (Å²) >= 11 is 0. The van der Waals surface area contributed by atoms with Gasteiger partial charge in [0.2, 0.25) is 0 Å². The summed E-state index contributed by atoms with van der Waals surface area (Å²) in [7, 11) is 0. The molecule has 342 valence electrons. The number of benzene rings is 14. The molecule has 14 aromatic carbocycles. The van der Waals surface area contributed by atoms with Crippen LogP contribution < -0.4 is 4.74 Å². The van der Waals surface area contributed by atoms with E-state index in [2.05, 4.69) is 261 Å². The summed E-state index contributed by atoms with van der Waals surface area (Å²) in [6.07, 6.45) is 0. The van der Waals surface area contributed by atoms with Crippen molar-refractivity contribution in [1.29, 1.82) is 0 Å². The van der Waals surface area contributed by atoms with Crippen molar-refractivity contribution in [1.82, 2.24) is 0 Å². The fraction of sp³-hybridized carbons (Fsp3) is 0.0278. The maximum atomic E-state index is 5.95. The molecule has 1 heteroatoms. The van der Waals surface area contributed by atoms with E-state index in [9.17, 15) is 0 Å². The van der Waals surface area contributed by atoms with Crippen LogP contribution in [0.3, 0.4) is 0 Å². The van der Waals surface area contributed by atoms with Crippen LogP contribution in [0.5, 0.6) is 5.75 Å². The molecule has 0 unspecified atom stereocenters. The van der Waals surface area contributed by atoms with Crippen molar-refractivity contribution >= 4 is 64.6 Å². The van der Waals surface area contributed by atoms with Crippen molar-refractivity contribution in [3.8, 4) is 83.6 Å². The maximum Gasteiger partial charge on any atom is 0.119 e. The molecule has 0 bridgehead atoms. The number of hydrogen-bond donors (Lipinski definition) is 0. The number of fused-ring (bicyclic) bond motifs is 3. The number of rotatable bonds is 9. The Bertz CT molecular complexity index is 4250. The second-order valence-electron chi connectivity index (χ2n) is 19.4. The zero-order valence-corrected chi connectivity index (χ0v) is 40.4. The lowest BCUT2D eigenvalue weighted by Crippen LogP contribution is -1.95. The zero-order valence-electron chi connectivity index (χ0n) is 40.4. The van der Waals surface area contributed by atoms with E-state index < -0.39 is 0 Å². The minimum absolute atomic E-state index is 0.625. The van der Waals surface area contributed by atoms with E-state index in [1.54, 1.807) is 0 Å². The van der Waals surface area contributed by atoms with Crippen LogP contribution >= 0.6 is 0 Å². The molecule has 0 aliphatic heterocycles. The molecule has 0 atom stereocenters. The van der Waals surface area contributed by atoms with Crippen molar-refractivity contribution in [3.63, 3.8) is 0 Å². The standard InChI is InChI=1S/C72H48O/c1-2-73-62-35-33-55(34-36-62)70-45-69(54-28-19-51(20-29-54)61-32-23-48-11-5-8-14-58(48)43-61)65-38-37-63-67(52-24-15-49(16-25-52)59-30-21-46-9-3-6-12-56(46)41-59)44-68(64-39-40-66(70)72(65)71(63)64)53-26-17-50(18-27-53)60-31-22-47-10-4-7-13-57(47)42-60/h3-45H,2H2,1H3. The monoisotopic (exact) mass is 928 g/mol. The van der Waals surface area contributed by atoms with Crippen LogP contribution in [0.4, 0.5) is 0 Å². The summed E-state index contributed by atoms with van der Waals surface area (Å²) in [5.41, 5.74) is 16.8. The summed E-state index contributed by atoms with van der Waals surface area (Å²) in [5.74, 6) is 0.876. The second kappa shape index (κ2) is 17.5. The lowest BCUT2D eigenvalue weighted by atomic mass is 9.81. The molecular formula is C72H48O. The fourth-order valence-electron chi connectivity index (χ4n) is 11.5. The van der Waals surface area contributed by atoms with Gasteiger partial charge in [-0.3, -0.25) is 0 Å². The van der Waals surface area contributed by atoms with Gasteiger partial charge in [0.15, 0.2) is 0 Å². The van der Waals surface area contributed by atoms with Crippen LogP contribution in [-0.2, 0) is 0 Å². The van der Waals surface area contributed by atoms with Crippen LogP contribution in [0, 0.1) is 0 Å². The molecule has 0 amide bonds. The maximum absolute atomic E-state index is 5.95. The number of hydrogen-bond acceptors (Lipinski definition) is 1. The van der Waals surface area contributed by atoms with E-state index in [0.717, 1.165) is 11.3 Å². The third-order valence-electron chi connectivity index (χ3n) is 15.2. The molecule has 0 radical (unpaired) electrons. The smallest absolute Gasteiger partial charge is 0.119 e. The van der Waals surface area contributed by atoms with Gasteiger partial charge in [0.25, 0.3) is 0 Å². The van der Waals surface area contributed by atoms with Gasteiger partial charge in [-0.05, 0) is 192 Å². The third kappa shape index (κ3) is 7.48. The van der Waals surface area contributed by atoms with E-state index >= 15 is 0 Å². The first kappa shape index (κ1) is 42.6. The lowest BCUT2D eigenvalue weighted by Gasteiger charge is -2.22. The van der Waals surface area contributed by atoms with Gasteiger partial charge in [0.05, 0.1) is 6.61 Å². The van der Waals surface area contributed by atoms with Gasteiger partial charge >= 0.3 is 0 Å². The van der Waals surface area contributed by atoms with Crippen molar-refractivity contribution in [2.45, 2.75) is 6.92 Å². The van der Waals surface area contributed by atoms with Crippen LogP contribution in [0.1, 0.15) is 6.92 Å². The normalized spacial score (nSPS) is 11.7. The molecule has 0 N–H and O–H groups in total. The van der Waals surface area contributed by atoms with Crippen molar-refractivity contribution in [2.75, 3.05) is 6.61 Å². The van der Waals surface area contributed by atoms with Gasteiger partial charge in [0.1, 0.15) is 5.75 Å². The molecule has 1 nitrogen and oxygen atoms in total. The Hall–Kier alpha value is -9.30. The Labute approximate surface area is 425 Å². The Morgan fingerprint density at radius 2 is 0.493 bits per heavy atom. The average molecular weight is 929 g/mol. The van der Waals surface area contributed by atoms with Crippen LogP contribution in [0.15, 0.2) is 261 Å². The molecule has 73 heavy (non-hydrogen) atoms. The summed E-state index contributed by atoms with van der Waals surface area (Å²) in [6, 6.07) is 96.7. The highest BCUT2D eigenvalue weighted by Gasteiger charge is 2.22. The minimum Gasteiger partial charge on any atom is -0.494 e. The van der Waals surface area contributed by atoms with Crippen LogP contribution in [0.2, 0.25) is 0 Å². The molecule has 0 aliphatic rings. The molecule has 0 saturated heterocycles. The SMILES string of the molecule is CCOc1ccc(-c2cc(-c3ccc(-c4ccc5ccccc5c4)cc3)c3ccc4c(-c5ccc(-c6ccc7ccccc7c6)cc5)cc(-c5ccc(-c6ccc7ccccc7c6)cc5)c5ccc2c3c54)cc1. The Kier molecular flexibility index (Phi) is 10.2. The van der Waals surface area contributed by atoms with E-state index in [0.29, 0.717) is 6.61 Å². The van der Waals surface area contributed by atoms with Crippen molar-refractivity contribution in [2.24, 2.45) is 0 Å². The molecule has 14 rings (SSSR count). The van der Waals surface area contributed by atoms with E-state index in [1.807, 2.05) is 6.92 Å². The molecule has 0 spiro atoms. The predicted octanol–water partition coefficient (Wildman–Crippen LogP) is 20.1. The Morgan fingerprint density at radius 1 is 0.233 bits per heavy atom. The van der Waals surface area contributed by atoms with Gasteiger partial charge in [-0.1, -0.05) is 218 Å². The van der Waals surface area contributed by atoms with Crippen molar-refractivity contribution in [3.05, 3.63) is 261 Å². The Morgan fingerprint density at radius 3 is 0.795 bits per heavy atom. The van der Waals surface area contributed by atoms with E-state index in [-0.39, 0.29) is 0 Å². The first-order chi connectivity index (χ1) is 36.1. The minimum atomic E-state index is 0.625. The van der Waals surface area contributed by atoms with Gasteiger partial charge < -0.3 is 4.74 Å². The van der Waals surface area contributed by atoms with Gasteiger partial charge in [-0.25, -0.2) is 0 Å². The molecule has 0 fully saturated rings. The van der Waals surface area contributed by atoms with Crippen LogP contribution in [0.25, 0.3) is 143 Å². The predicted molar refractivity (Wildman–Crippen MR) is 312 cm³/mol. The number of ether oxygens (including phenoxy) is 1. The summed E-state index contributed by atoms with van der Waals surface area (Å²) in [4.78, 5) is 0. The fourth-order valence-corrected chi connectivity index (χ4v) is 11.5. The van der Waals surface area contributed by atoms with Crippen LogP contribution in [-0.4, -0.2) is 6.61 Å².